The highest BCUT2D eigenvalue weighted by Crippen LogP contribution is 2.32. The van der Waals surface area contributed by atoms with E-state index in [-0.39, 0.29) is 11.8 Å². The van der Waals surface area contributed by atoms with Crippen LogP contribution in [0.2, 0.25) is 5.02 Å². The van der Waals surface area contributed by atoms with Crippen molar-refractivity contribution in [2.75, 3.05) is 0 Å². The lowest BCUT2D eigenvalue weighted by molar-refractivity contribution is -0.145. The van der Waals surface area contributed by atoms with Crippen molar-refractivity contribution in [3.05, 3.63) is 64.2 Å². The van der Waals surface area contributed by atoms with Crippen molar-refractivity contribution in [3.63, 3.8) is 0 Å². The molecule has 0 aliphatic heterocycles. The molecule has 1 atom stereocenters. The van der Waals surface area contributed by atoms with E-state index in [2.05, 4.69) is 20.8 Å². The maximum absolute atomic E-state index is 11.7. The van der Waals surface area contributed by atoms with Crippen LogP contribution < -0.4 is 4.74 Å². The molecule has 0 saturated heterocycles. The molecule has 2 aromatic carbocycles. The summed E-state index contributed by atoms with van der Waals surface area (Å²) >= 11 is 6.13. The highest BCUT2D eigenvalue weighted by molar-refractivity contribution is 6.31. The molecular formula is C20H23ClO3. The molecule has 0 amide bonds. The van der Waals surface area contributed by atoms with Crippen LogP contribution in [0.15, 0.2) is 42.5 Å². The lowest BCUT2D eigenvalue weighted by Gasteiger charge is -2.25. The smallest absolute Gasteiger partial charge is 0.345 e. The molecule has 0 heterocycles. The second-order valence-corrected chi connectivity index (χ2v) is 7.39. The van der Waals surface area contributed by atoms with E-state index in [0.717, 1.165) is 16.7 Å². The molecule has 24 heavy (non-hydrogen) atoms. The van der Waals surface area contributed by atoms with E-state index in [1.807, 2.05) is 43.3 Å². The van der Waals surface area contributed by atoms with Gasteiger partial charge in [0.05, 0.1) is 0 Å². The number of hydrogen-bond acceptors (Lipinski definition) is 2. The van der Waals surface area contributed by atoms with E-state index >= 15 is 0 Å². The first-order valence-corrected chi connectivity index (χ1v) is 8.30. The number of aryl methyl sites for hydroxylation is 1. The van der Waals surface area contributed by atoms with Gasteiger partial charge in [-0.05, 0) is 41.2 Å². The molecule has 1 unspecified atom stereocenters. The monoisotopic (exact) mass is 346 g/mol. The van der Waals surface area contributed by atoms with Crippen LogP contribution in [-0.2, 0) is 16.6 Å². The van der Waals surface area contributed by atoms with Crippen LogP contribution >= 0.6 is 11.6 Å². The summed E-state index contributed by atoms with van der Waals surface area (Å²) in [5, 5.41) is 10.2. The van der Waals surface area contributed by atoms with Gasteiger partial charge in [-0.25, -0.2) is 4.79 Å². The Balaban J connectivity index is 2.27. The van der Waals surface area contributed by atoms with Crippen LogP contribution in [0.25, 0.3) is 0 Å². The average Bonchev–Trinajstić information content (AvgIpc) is 2.49. The minimum atomic E-state index is -0.990. The molecule has 1 N–H and O–H groups in total. The maximum Gasteiger partial charge on any atom is 0.345 e. The van der Waals surface area contributed by atoms with E-state index < -0.39 is 12.1 Å². The first kappa shape index (κ1) is 18.3. The van der Waals surface area contributed by atoms with Gasteiger partial charge in [0.15, 0.2) is 6.10 Å². The van der Waals surface area contributed by atoms with Gasteiger partial charge in [-0.3, -0.25) is 0 Å². The zero-order valence-corrected chi connectivity index (χ0v) is 15.2. The van der Waals surface area contributed by atoms with Crippen molar-refractivity contribution >= 4 is 17.6 Å². The number of carboxylic acid groups (broad SMARTS) is 1. The third kappa shape index (κ3) is 4.51. The van der Waals surface area contributed by atoms with E-state index in [4.69, 9.17) is 16.3 Å². The van der Waals surface area contributed by atoms with Crippen molar-refractivity contribution < 1.29 is 14.6 Å². The second-order valence-electron chi connectivity index (χ2n) is 6.98. The van der Waals surface area contributed by atoms with E-state index in [0.29, 0.717) is 10.8 Å². The normalized spacial score (nSPS) is 12.7. The summed E-state index contributed by atoms with van der Waals surface area (Å²) in [4.78, 5) is 11.7. The summed E-state index contributed by atoms with van der Waals surface area (Å²) in [5.74, 6) is -0.383. The van der Waals surface area contributed by atoms with Gasteiger partial charge in [-0.15, -0.1) is 0 Å². The Labute approximate surface area is 148 Å². The highest BCUT2D eigenvalue weighted by Gasteiger charge is 2.24. The molecule has 0 saturated carbocycles. The molecule has 0 spiro atoms. The second kappa shape index (κ2) is 7.27. The molecule has 0 fully saturated rings. The predicted octanol–water partition coefficient (Wildman–Crippen LogP) is 5.02. The van der Waals surface area contributed by atoms with Gasteiger partial charge in [0.1, 0.15) is 5.75 Å². The topological polar surface area (TPSA) is 46.5 Å². The van der Waals surface area contributed by atoms with Crippen LogP contribution in [0.1, 0.15) is 37.5 Å². The molecule has 0 radical (unpaired) electrons. The number of aliphatic carboxylic acids is 1. The Bertz CT molecular complexity index is 732. The van der Waals surface area contributed by atoms with Crippen molar-refractivity contribution in [1.82, 2.24) is 0 Å². The van der Waals surface area contributed by atoms with E-state index in [1.54, 1.807) is 6.07 Å². The van der Waals surface area contributed by atoms with Crippen LogP contribution in [0.5, 0.6) is 5.75 Å². The van der Waals surface area contributed by atoms with Gasteiger partial charge < -0.3 is 9.84 Å². The first-order valence-electron chi connectivity index (χ1n) is 7.92. The summed E-state index contributed by atoms with van der Waals surface area (Å²) in [7, 11) is 0. The molecule has 2 aromatic rings. The quantitative estimate of drug-likeness (QED) is 0.826. The van der Waals surface area contributed by atoms with Crippen molar-refractivity contribution in [3.8, 4) is 5.75 Å². The summed E-state index contributed by atoms with van der Waals surface area (Å²) in [5.41, 5.74) is 2.66. The summed E-state index contributed by atoms with van der Waals surface area (Å²) in [6, 6.07) is 13.1. The van der Waals surface area contributed by atoms with E-state index in [9.17, 15) is 9.90 Å². The Morgan fingerprint density at radius 2 is 1.88 bits per heavy atom. The number of ether oxygens (including phenoxy) is 1. The van der Waals surface area contributed by atoms with Crippen molar-refractivity contribution in [1.29, 1.82) is 0 Å². The van der Waals surface area contributed by atoms with Crippen LogP contribution in [0, 0.1) is 6.92 Å². The fraction of sp³-hybridized carbons (Fsp3) is 0.350. The largest absolute Gasteiger partial charge is 0.478 e. The van der Waals surface area contributed by atoms with Crippen LogP contribution in [-0.4, -0.2) is 17.2 Å². The van der Waals surface area contributed by atoms with Gasteiger partial charge in [-0.1, -0.05) is 62.7 Å². The van der Waals surface area contributed by atoms with Gasteiger partial charge in [0.2, 0.25) is 0 Å². The Morgan fingerprint density at radius 1 is 1.21 bits per heavy atom. The summed E-state index contributed by atoms with van der Waals surface area (Å²) in [6.45, 7) is 8.14. The van der Waals surface area contributed by atoms with E-state index in [1.165, 1.54) is 0 Å². The molecular weight excluding hydrogens is 324 g/mol. The number of carbonyl (C=O) groups is 1. The Morgan fingerprint density at radius 3 is 2.46 bits per heavy atom. The fourth-order valence-electron chi connectivity index (χ4n) is 2.50. The average molecular weight is 347 g/mol. The third-order valence-corrected chi connectivity index (χ3v) is 4.30. The summed E-state index contributed by atoms with van der Waals surface area (Å²) < 4.78 is 5.86. The molecule has 2 rings (SSSR count). The Kier molecular flexibility index (Phi) is 5.55. The summed E-state index contributed by atoms with van der Waals surface area (Å²) in [6.07, 6.45) is -0.708. The third-order valence-electron chi connectivity index (χ3n) is 3.90. The zero-order valence-electron chi connectivity index (χ0n) is 14.5. The number of hydrogen-bond donors (Lipinski definition) is 1. The van der Waals surface area contributed by atoms with Crippen LogP contribution in [0.3, 0.4) is 0 Å². The molecule has 3 nitrogen and oxygen atoms in total. The fourth-order valence-corrected chi connectivity index (χ4v) is 2.70. The first-order chi connectivity index (χ1) is 11.2. The number of halogens is 1. The SMILES string of the molecule is Cc1ccc(CC(Oc2ccccc2C(C)(C)C)C(=O)O)cc1Cl. The van der Waals surface area contributed by atoms with Gasteiger partial charge in [-0.2, -0.15) is 0 Å². The molecule has 128 valence electrons. The van der Waals surface area contributed by atoms with Gasteiger partial charge in [0, 0.05) is 11.4 Å². The maximum atomic E-state index is 11.7. The minimum Gasteiger partial charge on any atom is -0.478 e. The number of carboxylic acids is 1. The number of rotatable bonds is 5. The van der Waals surface area contributed by atoms with Crippen LogP contribution in [0.4, 0.5) is 0 Å². The lowest BCUT2D eigenvalue weighted by atomic mass is 9.86. The molecule has 0 bridgehead atoms. The minimum absolute atomic E-state index is 0.132. The van der Waals surface area contributed by atoms with Gasteiger partial charge >= 0.3 is 5.97 Å². The molecule has 0 aromatic heterocycles. The lowest BCUT2D eigenvalue weighted by Crippen LogP contribution is -2.30. The molecule has 4 heteroatoms. The highest BCUT2D eigenvalue weighted by atomic mass is 35.5. The van der Waals surface area contributed by atoms with Crippen molar-refractivity contribution in [2.45, 2.75) is 45.6 Å². The predicted molar refractivity (Wildman–Crippen MR) is 97.1 cm³/mol. The van der Waals surface area contributed by atoms with Crippen molar-refractivity contribution in [2.24, 2.45) is 0 Å². The zero-order chi connectivity index (χ0) is 17.9. The number of para-hydroxylation sites is 1. The molecule has 0 aliphatic rings. The van der Waals surface area contributed by atoms with Gasteiger partial charge in [0.25, 0.3) is 0 Å². The molecule has 0 aliphatic carbocycles. The standard InChI is InChI=1S/C20H23ClO3/c1-13-9-10-14(11-16(13)21)12-18(19(22)23)24-17-8-6-5-7-15(17)20(2,3)4/h5-11,18H,12H2,1-4H3,(H,22,23). The number of benzene rings is 2. The Hall–Kier alpha value is -2.00.